The lowest BCUT2D eigenvalue weighted by Gasteiger charge is -2.15. The molecule has 3 aromatic rings. The van der Waals surface area contributed by atoms with Gasteiger partial charge in [0, 0.05) is 34.7 Å². The van der Waals surface area contributed by atoms with Gasteiger partial charge in [0.05, 0.1) is 17.8 Å². The van der Waals surface area contributed by atoms with Crippen molar-refractivity contribution in [1.29, 1.82) is 0 Å². The van der Waals surface area contributed by atoms with Crippen LogP contribution < -0.4 is 10.6 Å². The van der Waals surface area contributed by atoms with E-state index >= 15 is 0 Å². The molecule has 0 fully saturated rings. The molecule has 11 heteroatoms. The van der Waals surface area contributed by atoms with E-state index in [1.165, 1.54) is 19.5 Å². The van der Waals surface area contributed by atoms with Crippen molar-refractivity contribution in [3.05, 3.63) is 35.9 Å². The second-order valence-corrected chi connectivity index (χ2v) is 10.3. The second-order valence-electron chi connectivity index (χ2n) is 7.08. The number of halogens is 4. The van der Waals surface area contributed by atoms with Crippen molar-refractivity contribution in [3.63, 3.8) is 0 Å². The maximum Gasteiger partial charge on any atom is 0.419 e. The number of fused-ring (bicyclic) bond motifs is 1. The molecule has 0 bridgehead atoms. The van der Waals surface area contributed by atoms with E-state index in [0.717, 1.165) is 12.1 Å². The van der Waals surface area contributed by atoms with Crippen LogP contribution in [0.4, 0.5) is 23.5 Å². The van der Waals surface area contributed by atoms with Crippen molar-refractivity contribution >= 4 is 29.3 Å². The molecular formula is C18H19F4N4O2P. The van der Waals surface area contributed by atoms with Gasteiger partial charge in [-0.2, -0.15) is 13.2 Å². The van der Waals surface area contributed by atoms with Gasteiger partial charge in [-0.1, -0.05) is 0 Å². The van der Waals surface area contributed by atoms with Crippen LogP contribution in [0.5, 0.6) is 0 Å². The third-order valence-corrected chi connectivity index (χ3v) is 5.83. The number of hydrogen-bond donors (Lipinski definition) is 3. The molecule has 6 nitrogen and oxygen atoms in total. The van der Waals surface area contributed by atoms with E-state index in [-0.39, 0.29) is 28.8 Å². The Balaban J connectivity index is 2.29. The van der Waals surface area contributed by atoms with Gasteiger partial charge in [-0.3, -0.25) is 0 Å². The van der Waals surface area contributed by atoms with E-state index in [4.69, 9.17) is 5.11 Å². The van der Waals surface area contributed by atoms with Gasteiger partial charge in [0.2, 0.25) is 5.95 Å². The van der Waals surface area contributed by atoms with Gasteiger partial charge in [-0.05, 0) is 32.4 Å². The van der Waals surface area contributed by atoms with Crippen LogP contribution in [0, 0.1) is 5.82 Å². The molecule has 0 saturated heterocycles. The summed E-state index contributed by atoms with van der Waals surface area (Å²) in [5.74, 6) is -0.829. The highest BCUT2D eigenvalue weighted by atomic mass is 31.2. The lowest BCUT2D eigenvalue weighted by atomic mass is 10.1. The summed E-state index contributed by atoms with van der Waals surface area (Å²) >= 11 is 0. The zero-order valence-corrected chi connectivity index (χ0v) is 16.7. The number of aliphatic hydroxyl groups is 1. The van der Waals surface area contributed by atoms with Crippen molar-refractivity contribution in [1.82, 2.24) is 15.0 Å². The van der Waals surface area contributed by atoms with Crippen LogP contribution in [0.3, 0.4) is 0 Å². The summed E-state index contributed by atoms with van der Waals surface area (Å²) in [6, 6.07) is 1.70. The van der Waals surface area contributed by atoms with Gasteiger partial charge in [0.1, 0.15) is 18.5 Å². The van der Waals surface area contributed by atoms with Crippen molar-refractivity contribution in [2.45, 2.75) is 19.1 Å². The first-order chi connectivity index (χ1) is 13.4. The summed E-state index contributed by atoms with van der Waals surface area (Å²) in [4.78, 5) is 10.5. The molecule has 2 aromatic heterocycles. The van der Waals surface area contributed by atoms with Crippen LogP contribution in [0.1, 0.15) is 12.5 Å². The Kier molecular flexibility index (Phi) is 5.44. The number of anilines is 1. The smallest absolute Gasteiger partial charge is 0.394 e. The summed E-state index contributed by atoms with van der Waals surface area (Å²) in [5, 5.41) is 12.2. The van der Waals surface area contributed by atoms with E-state index in [1.807, 2.05) is 0 Å². The van der Waals surface area contributed by atoms with Crippen molar-refractivity contribution in [2.24, 2.45) is 0 Å². The number of nitrogens with zero attached hydrogens (tertiary/aromatic N) is 2. The molecule has 0 aliphatic rings. The quantitative estimate of drug-likeness (QED) is 0.423. The second kappa shape index (κ2) is 7.42. The van der Waals surface area contributed by atoms with Crippen LogP contribution in [0.2, 0.25) is 0 Å². The summed E-state index contributed by atoms with van der Waals surface area (Å²) in [6.07, 6.45) is -2.83. The van der Waals surface area contributed by atoms with Gasteiger partial charge in [-0.15, -0.1) is 0 Å². The van der Waals surface area contributed by atoms with Crippen LogP contribution in [-0.4, -0.2) is 46.0 Å². The number of aliphatic hydroxyl groups excluding tert-OH is 1. The molecule has 29 heavy (non-hydrogen) atoms. The standard InChI is InChI=1S/C18H19F4N4O2P/c1-9(8-27)25-17-24-7-13(18(20,21)22)15(26-17)12-6-23-16-11(12)4-10(19)5-14(16)29(2,3)28/h4-7,9,23,27H,8H2,1-3H3,(H,24,25,26)/t9-/m0/s1. The van der Waals surface area contributed by atoms with E-state index < -0.39 is 36.4 Å². The van der Waals surface area contributed by atoms with Crippen LogP contribution in [-0.2, 0) is 10.7 Å². The normalized spacial score (nSPS) is 13.7. The third kappa shape index (κ3) is 4.28. The molecule has 0 saturated carbocycles. The maximum absolute atomic E-state index is 14.2. The number of rotatable bonds is 5. The topological polar surface area (TPSA) is 90.9 Å². The Morgan fingerprint density at radius 1 is 1.31 bits per heavy atom. The third-order valence-electron chi connectivity index (χ3n) is 4.31. The highest BCUT2D eigenvalue weighted by Crippen LogP contribution is 2.42. The van der Waals surface area contributed by atoms with Gasteiger partial charge in [-0.25, -0.2) is 14.4 Å². The fourth-order valence-electron chi connectivity index (χ4n) is 2.93. The Morgan fingerprint density at radius 2 is 2.00 bits per heavy atom. The molecule has 3 N–H and O–H groups in total. The first-order valence-electron chi connectivity index (χ1n) is 8.60. The fraction of sp³-hybridized carbons (Fsp3) is 0.333. The molecule has 0 spiro atoms. The van der Waals surface area contributed by atoms with Crippen LogP contribution >= 0.6 is 7.14 Å². The summed E-state index contributed by atoms with van der Waals surface area (Å²) in [5.41, 5.74) is -1.25. The van der Waals surface area contributed by atoms with Crippen molar-refractivity contribution in [3.8, 4) is 11.3 Å². The summed E-state index contributed by atoms with van der Waals surface area (Å²) in [7, 11) is -2.91. The minimum atomic E-state index is -4.75. The van der Waals surface area contributed by atoms with E-state index in [0.29, 0.717) is 11.7 Å². The fourth-order valence-corrected chi connectivity index (χ4v) is 4.09. The molecular weight excluding hydrogens is 411 g/mol. The summed E-state index contributed by atoms with van der Waals surface area (Å²) in [6.45, 7) is 4.23. The zero-order valence-electron chi connectivity index (χ0n) is 15.8. The number of H-pyrrole nitrogens is 1. The number of benzene rings is 1. The summed E-state index contributed by atoms with van der Waals surface area (Å²) < 4.78 is 67.5. The molecule has 2 heterocycles. The molecule has 0 aliphatic heterocycles. The lowest BCUT2D eigenvalue weighted by molar-refractivity contribution is -0.137. The van der Waals surface area contributed by atoms with Gasteiger partial charge < -0.3 is 20.0 Å². The molecule has 1 atom stereocenters. The molecule has 0 aliphatic carbocycles. The molecule has 0 amide bonds. The first-order valence-corrected chi connectivity index (χ1v) is 11.2. The van der Waals surface area contributed by atoms with Gasteiger partial charge in [0.25, 0.3) is 0 Å². The first kappa shape index (κ1) is 21.3. The monoisotopic (exact) mass is 430 g/mol. The largest absolute Gasteiger partial charge is 0.419 e. The average molecular weight is 430 g/mol. The Morgan fingerprint density at radius 3 is 2.59 bits per heavy atom. The Hall–Kier alpha value is -2.45. The number of aromatic nitrogens is 3. The van der Waals surface area contributed by atoms with Gasteiger partial charge in [0.15, 0.2) is 0 Å². The molecule has 1 aromatic carbocycles. The maximum atomic E-state index is 14.2. The van der Waals surface area contributed by atoms with E-state index in [9.17, 15) is 22.1 Å². The number of aromatic amines is 1. The number of nitrogens with one attached hydrogen (secondary N) is 2. The SMILES string of the molecule is C[C@@H](CO)Nc1ncc(C(F)(F)F)c(-c2c[nH]c3c(P(C)(C)=O)cc(F)cc23)n1. The molecule has 156 valence electrons. The number of alkyl halides is 3. The zero-order chi connectivity index (χ0) is 21.6. The Labute approximate surface area is 163 Å². The predicted octanol–water partition coefficient (Wildman–Crippen LogP) is 3.82. The average Bonchev–Trinajstić information content (AvgIpc) is 3.02. The molecule has 0 radical (unpaired) electrons. The predicted molar refractivity (Wildman–Crippen MR) is 104 cm³/mol. The number of hydrogen-bond acceptors (Lipinski definition) is 5. The van der Waals surface area contributed by atoms with Crippen LogP contribution in [0.15, 0.2) is 24.5 Å². The Bertz CT molecular complexity index is 1110. The minimum absolute atomic E-state index is 0.00336. The molecule has 0 unspecified atom stereocenters. The van der Waals surface area contributed by atoms with Crippen LogP contribution in [0.25, 0.3) is 22.2 Å². The van der Waals surface area contributed by atoms with E-state index in [1.54, 1.807) is 6.92 Å². The van der Waals surface area contributed by atoms with Gasteiger partial charge >= 0.3 is 6.18 Å². The minimum Gasteiger partial charge on any atom is -0.394 e. The van der Waals surface area contributed by atoms with Crippen molar-refractivity contribution < 1.29 is 27.2 Å². The highest BCUT2D eigenvalue weighted by Gasteiger charge is 2.36. The lowest BCUT2D eigenvalue weighted by Crippen LogP contribution is -2.21. The molecule has 3 rings (SSSR count). The highest BCUT2D eigenvalue weighted by molar-refractivity contribution is 7.70. The van der Waals surface area contributed by atoms with Crippen molar-refractivity contribution in [2.75, 3.05) is 25.3 Å². The van der Waals surface area contributed by atoms with E-state index in [2.05, 4.69) is 20.3 Å².